The number of aromatic nitrogens is 1. The van der Waals surface area contributed by atoms with E-state index in [1.807, 2.05) is 23.6 Å². The normalized spacial score (nSPS) is 10.4. The Kier molecular flexibility index (Phi) is 3.25. The largest absolute Gasteiger partial charge is 0.365 e. The molecule has 0 aliphatic carbocycles. The number of thiophene rings is 1. The predicted octanol–water partition coefficient (Wildman–Crippen LogP) is 3.68. The van der Waals surface area contributed by atoms with Gasteiger partial charge in [-0.2, -0.15) is 0 Å². The van der Waals surface area contributed by atoms with Crippen LogP contribution in [-0.4, -0.2) is 4.98 Å². The zero-order valence-corrected chi connectivity index (χ0v) is 10.7. The summed E-state index contributed by atoms with van der Waals surface area (Å²) < 4.78 is 0. The third-order valence-corrected chi connectivity index (χ3v) is 3.81. The van der Waals surface area contributed by atoms with Crippen molar-refractivity contribution in [3.05, 3.63) is 45.3 Å². The number of hydrogen-bond donors (Lipinski definition) is 1. The maximum absolute atomic E-state index is 4.32. The van der Waals surface area contributed by atoms with E-state index in [0.717, 1.165) is 12.4 Å². The molecule has 1 N–H and O–H groups in total. The summed E-state index contributed by atoms with van der Waals surface area (Å²) in [6.07, 6.45) is 1.82. The van der Waals surface area contributed by atoms with Crippen LogP contribution in [0.3, 0.4) is 0 Å². The Morgan fingerprint density at radius 2 is 2.06 bits per heavy atom. The molecule has 0 aliphatic rings. The van der Waals surface area contributed by atoms with Gasteiger partial charge in [0.2, 0.25) is 0 Å². The summed E-state index contributed by atoms with van der Waals surface area (Å²) in [5, 5.41) is 3.37. The van der Waals surface area contributed by atoms with Crippen molar-refractivity contribution < 1.29 is 0 Å². The SMILES string of the molecule is Cc1cccnc1NCc1cc(C)c(C)s1. The van der Waals surface area contributed by atoms with Gasteiger partial charge in [-0.25, -0.2) is 4.98 Å². The second-order valence-corrected chi connectivity index (χ2v) is 5.32. The van der Waals surface area contributed by atoms with Crippen LogP contribution in [0.25, 0.3) is 0 Å². The third-order valence-electron chi connectivity index (χ3n) is 2.66. The molecule has 0 unspecified atom stereocenters. The van der Waals surface area contributed by atoms with Crippen molar-refractivity contribution in [1.82, 2.24) is 4.98 Å². The minimum absolute atomic E-state index is 0.858. The number of aryl methyl sites for hydroxylation is 3. The quantitative estimate of drug-likeness (QED) is 0.873. The van der Waals surface area contributed by atoms with Crippen LogP contribution in [0, 0.1) is 20.8 Å². The molecular formula is C13H16N2S. The topological polar surface area (TPSA) is 24.9 Å². The van der Waals surface area contributed by atoms with Gasteiger partial charge in [0.15, 0.2) is 0 Å². The monoisotopic (exact) mass is 232 g/mol. The van der Waals surface area contributed by atoms with Crippen molar-refractivity contribution in [2.75, 3.05) is 5.32 Å². The zero-order chi connectivity index (χ0) is 11.5. The highest BCUT2D eigenvalue weighted by Gasteiger charge is 2.02. The zero-order valence-electron chi connectivity index (χ0n) is 9.87. The molecule has 0 saturated carbocycles. The number of hydrogen-bond acceptors (Lipinski definition) is 3. The highest BCUT2D eigenvalue weighted by atomic mass is 32.1. The van der Waals surface area contributed by atoms with Crippen LogP contribution in [0.15, 0.2) is 24.4 Å². The lowest BCUT2D eigenvalue weighted by atomic mass is 10.2. The lowest BCUT2D eigenvalue weighted by Gasteiger charge is -2.06. The number of pyridine rings is 1. The maximum atomic E-state index is 4.32. The summed E-state index contributed by atoms with van der Waals surface area (Å²) in [5.41, 5.74) is 2.56. The van der Waals surface area contributed by atoms with Crippen LogP contribution in [0.5, 0.6) is 0 Å². The molecule has 0 bridgehead atoms. The lowest BCUT2D eigenvalue weighted by molar-refractivity contribution is 1.12. The van der Waals surface area contributed by atoms with E-state index >= 15 is 0 Å². The minimum atomic E-state index is 0.858. The molecule has 0 spiro atoms. The van der Waals surface area contributed by atoms with E-state index in [2.05, 4.69) is 43.2 Å². The molecule has 0 fully saturated rings. The van der Waals surface area contributed by atoms with Gasteiger partial charge in [0.05, 0.1) is 6.54 Å². The molecular weight excluding hydrogens is 216 g/mol. The Morgan fingerprint density at radius 3 is 2.69 bits per heavy atom. The first-order valence-electron chi connectivity index (χ1n) is 5.38. The highest BCUT2D eigenvalue weighted by molar-refractivity contribution is 7.12. The Hall–Kier alpha value is -1.35. The van der Waals surface area contributed by atoms with Crippen LogP contribution in [0.4, 0.5) is 5.82 Å². The summed E-state index contributed by atoms with van der Waals surface area (Å²) in [4.78, 5) is 7.07. The van der Waals surface area contributed by atoms with Gasteiger partial charge in [-0.15, -0.1) is 11.3 Å². The molecule has 2 heterocycles. The van der Waals surface area contributed by atoms with Crippen LogP contribution in [0.1, 0.15) is 20.9 Å². The van der Waals surface area contributed by atoms with E-state index in [4.69, 9.17) is 0 Å². The predicted molar refractivity (Wildman–Crippen MR) is 70.1 cm³/mol. The summed E-state index contributed by atoms with van der Waals surface area (Å²) in [6.45, 7) is 7.24. The molecule has 0 atom stereocenters. The van der Waals surface area contributed by atoms with Gasteiger partial charge in [0, 0.05) is 16.0 Å². The van der Waals surface area contributed by atoms with Gasteiger partial charge in [0.25, 0.3) is 0 Å². The summed E-state index contributed by atoms with van der Waals surface area (Å²) in [6, 6.07) is 6.27. The van der Waals surface area contributed by atoms with Crippen LogP contribution in [0.2, 0.25) is 0 Å². The number of anilines is 1. The summed E-state index contributed by atoms with van der Waals surface area (Å²) in [7, 11) is 0. The standard InChI is InChI=1S/C13H16N2S/c1-9-5-4-6-14-13(9)15-8-12-7-10(2)11(3)16-12/h4-7H,8H2,1-3H3,(H,14,15). The van der Waals surface area contributed by atoms with Gasteiger partial charge < -0.3 is 5.32 Å². The Labute approximate surface area is 100 Å². The van der Waals surface area contributed by atoms with E-state index < -0.39 is 0 Å². The van der Waals surface area contributed by atoms with E-state index in [1.54, 1.807) is 0 Å². The third kappa shape index (κ3) is 2.42. The first-order chi connectivity index (χ1) is 7.66. The van der Waals surface area contributed by atoms with Gasteiger partial charge in [-0.05, 0) is 44.0 Å². The second kappa shape index (κ2) is 4.66. The first-order valence-corrected chi connectivity index (χ1v) is 6.20. The Bertz CT molecular complexity index is 469. The molecule has 0 aliphatic heterocycles. The molecule has 3 heteroatoms. The number of nitrogens with zero attached hydrogens (tertiary/aromatic N) is 1. The molecule has 2 rings (SSSR count). The van der Waals surface area contributed by atoms with Crippen molar-refractivity contribution in [3.63, 3.8) is 0 Å². The van der Waals surface area contributed by atoms with E-state index in [-0.39, 0.29) is 0 Å². The molecule has 2 aromatic rings. The fourth-order valence-electron chi connectivity index (χ4n) is 1.58. The van der Waals surface area contributed by atoms with Crippen molar-refractivity contribution >= 4 is 17.2 Å². The Balaban J connectivity index is 2.05. The van der Waals surface area contributed by atoms with Crippen molar-refractivity contribution in [1.29, 1.82) is 0 Å². The van der Waals surface area contributed by atoms with Crippen molar-refractivity contribution in [3.8, 4) is 0 Å². The van der Waals surface area contributed by atoms with Gasteiger partial charge in [-0.3, -0.25) is 0 Å². The van der Waals surface area contributed by atoms with E-state index in [9.17, 15) is 0 Å². The molecule has 84 valence electrons. The smallest absolute Gasteiger partial charge is 0.129 e. The summed E-state index contributed by atoms with van der Waals surface area (Å²) >= 11 is 1.85. The number of rotatable bonds is 3. The average Bonchev–Trinajstić information content (AvgIpc) is 2.57. The fraction of sp³-hybridized carbons (Fsp3) is 0.308. The molecule has 2 aromatic heterocycles. The lowest BCUT2D eigenvalue weighted by Crippen LogP contribution is -2.01. The van der Waals surface area contributed by atoms with E-state index in [1.165, 1.54) is 20.9 Å². The molecule has 16 heavy (non-hydrogen) atoms. The van der Waals surface area contributed by atoms with Gasteiger partial charge in [0.1, 0.15) is 5.82 Å². The summed E-state index contributed by atoms with van der Waals surface area (Å²) in [5.74, 6) is 0.978. The van der Waals surface area contributed by atoms with Crippen LogP contribution < -0.4 is 5.32 Å². The molecule has 0 radical (unpaired) electrons. The highest BCUT2D eigenvalue weighted by Crippen LogP contribution is 2.21. The molecule has 2 nitrogen and oxygen atoms in total. The molecule has 0 amide bonds. The van der Waals surface area contributed by atoms with Gasteiger partial charge >= 0.3 is 0 Å². The average molecular weight is 232 g/mol. The number of nitrogens with one attached hydrogen (secondary N) is 1. The Morgan fingerprint density at radius 1 is 1.25 bits per heavy atom. The van der Waals surface area contributed by atoms with Crippen molar-refractivity contribution in [2.24, 2.45) is 0 Å². The van der Waals surface area contributed by atoms with E-state index in [0.29, 0.717) is 0 Å². The second-order valence-electron chi connectivity index (χ2n) is 3.97. The minimum Gasteiger partial charge on any atom is -0.365 e. The first kappa shape index (κ1) is 11.1. The fourth-order valence-corrected chi connectivity index (χ4v) is 2.57. The van der Waals surface area contributed by atoms with Gasteiger partial charge in [-0.1, -0.05) is 6.07 Å². The molecule has 0 aromatic carbocycles. The van der Waals surface area contributed by atoms with Crippen LogP contribution in [-0.2, 0) is 6.54 Å². The molecule has 0 saturated heterocycles. The maximum Gasteiger partial charge on any atom is 0.129 e. The van der Waals surface area contributed by atoms with Crippen LogP contribution >= 0.6 is 11.3 Å². The van der Waals surface area contributed by atoms with Crippen molar-refractivity contribution in [2.45, 2.75) is 27.3 Å².